The minimum atomic E-state index is -0.0559. The molecule has 1 N–H and O–H groups in total. The van der Waals surface area contributed by atoms with E-state index in [0.29, 0.717) is 5.92 Å². The summed E-state index contributed by atoms with van der Waals surface area (Å²) in [6.45, 7) is 4.19. The van der Waals surface area contributed by atoms with Crippen LogP contribution in [0.15, 0.2) is 36.9 Å². The Balaban J connectivity index is 1.63. The number of imidazole rings is 1. The average Bonchev–Trinajstić information content (AvgIpc) is 2.93. The molecule has 0 amide bonds. The summed E-state index contributed by atoms with van der Waals surface area (Å²) in [6.07, 6.45) is 7.44. The molecule has 1 aliphatic carbocycles. The van der Waals surface area contributed by atoms with Gasteiger partial charge in [-0.05, 0) is 56.0 Å². The van der Waals surface area contributed by atoms with Crippen molar-refractivity contribution in [3.8, 4) is 5.69 Å². The summed E-state index contributed by atoms with van der Waals surface area (Å²) in [4.78, 5) is 6.44. The fraction of sp³-hybridized carbons (Fsp3) is 0.471. The molecule has 1 aliphatic rings. The molecular formula is C17H23N3O. The van der Waals surface area contributed by atoms with Crippen molar-refractivity contribution in [2.45, 2.75) is 32.4 Å². The summed E-state index contributed by atoms with van der Waals surface area (Å²) in [5.41, 5.74) is 3.82. The van der Waals surface area contributed by atoms with E-state index >= 15 is 0 Å². The van der Waals surface area contributed by atoms with Gasteiger partial charge in [-0.25, -0.2) is 4.98 Å². The zero-order valence-electron chi connectivity index (χ0n) is 12.7. The lowest BCUT2D eigenvalue weighted by atomic mass is 9.82. The highest BCUT2D eigenvalue weighted by Gasteiger charge is 2.27. The fourth-order valence-electron chi connectivity index (χ4n) is 3.08. The molecule has 0 unspecified atom stereocenters. The van der Waals surface area contributed by atoms with Crippen LogP contribution in [0.5, 0.6) is 0 Å². The Kier molecular flexibility index (Phi) is 4.08. The quantitative estimate of drug-likeness (QED) is 0.917. The monoisotopic (exact) mass is 285 g/mol. The van der Waals surface area contributed by atoms with Crippen molar-refractivity contribution >= 4 is 0 Å². The molecule has 1 fully saturated rings. The molecule has 4 nitrogen and oxygen atoms in total. The maximum absolute atomic E-state index is 9.36. The number of nitrogens with zero attached hydrogens (tertiary/aromatic N) is 3. The molecule has 0 saturated heterocycles. The average molecular weight is 285 g/mol. The molecule has 4 heteroatoms. The van der Waals surface area contributed by atoms with Crippen molar-refractivity contribution in [3.05, 3.63) is 48.0 Å². The number of benzene rings is 1. The maximum atomic E-state index is 9.36. The van der Waals surface area contributed by atoms with Crippen molar-refractivity contribution in [1.29, 1.82) is 0 Å². The van der Waals surface area contributed by atoms with Crippen LogP contribution in [0.3, 0.4) is 0 Å². The van der Waals surface area contributed by atoms with Gasteiger partial charge in [0, 0.05) is 31.2 Å². The molecule has 1 aromatic heterocycles. The van der Waals surface area contributed by atoms with E-state index in [2.05, 4.69) is 42.1 Å². The maximum Gasteiger partial charge on any atom is 0.0991 e. The molecule has 0 spiro atoms. The zero-order chi connectivity index (χ0) is 14.8. The molecule has 112 valence electrons. The van der Waals surface area contributed by atoms with E-state index < -0.39 is 0 Å². The number of hydrogen-bond acceptors (Lipinski definition) is 3. The minimum Gasteiger partial charge on any atom is -0.393 e. The highest BCUT2D eigenvalue weighted by atomic mass is 16.3. The van der Waals surface area contributed by atoms with Crippen molar-refractivity contribution < 1.29 is 5.11 Å². The SMILES string of the molecule is Cc1cc(-n2ccnc2)ccc1CN(C)CC1CC(O)C1. The molecule has 0 radical (unpaired) electrons. The van der Waals surface area contributed by atoms with E-state index in [1.165, 1.54) is 11.1 Å². The van der Waals surface area contributed by atoms with Crippen LogP contribution in [-0.2, 0) is 6.54 Å². The lowest BCUT2D eigenvalue weighted by Gasteiger charge is -2.34. The van der Waals surface area contributed by atoms with Crippen LogP contribution in [0.1, 0.15) is 24.0 Å². The van der Waals surface area contributed by atoms with Crippen LogP contribution >= 0.6 is 0 Å². The molecule has 2 aromatic rings. The first-order valence-corrected chi connectivity index (χ1v) is 7.56. The summed E-state index contributed by atoms with van der Waals surface area (Å²) < 4.78 is 2.02. The third-order valence-electron chi connectivity index (χ3n) is 4.35. The minimum absolute atomic E-state index is 0.0559. The Hall–Kier alpha value is -1.65. The molecular weight excluding hydrogens is 262 g/mol. The number of hydrogen-bond donors (Lipinski definition) is 1. The standard InChI is InChI=1S/C17H23N3O/c1-13-7-16(20-6-5-18-12-20)4-3-15(13)11-19(2)10-14-8-17(21)9-14/h3-7,12,14,17,21H,8-11H2,1-2H3. The Bertz CT molecular complexity index is 588. The molecule has 3 rings (SSSR count). The van der Waals surface area contributed by atoms with Gasteiger partial charge in [0.15, 0.2) is 0 Å². The number of aliphatic hydroxyl groups is 1. The molecule has 1 heterocycles. The highest BCUT2D eigenvalue weighted by Crippen LogP contribution is 2.28. The van der Waals surface area contributed by atoms with Crippen LogP contribution in [-0.4, -0.2) is 39.3 Å². The van der Waals surface area contributed by atoms with Gasteiger partial charge >= 0.3 is 0 Å². The van der Waals surface area contributed by atoms with Crippen LogP contribution in [0.4, 0.5) is 0 Å². The predicted molar refractivity (Wildman–Crippen MR) is 83.4 cm³/mol. The van der Waals surface area contributed by atoms with E-state index in [0.717, 1.165) is 31.6 Å². The first kappa shape index (κ1) is 14.3. The smallest absolute Gasteiger partial charge is 0.0991 e. The number of rotatable bonds is 5. The summed E-state index contributed by atoms with van der Waals surface area (Å²) in [6, 6.07) is 6.56. The van der Waals surface area contributed by atoms with Crippen molar-refractivity contribution in [2.24, 2.45) is 5.92 Å². The Labute approximate surface area is 126 Å². The topological polar surface area (TPSA) is 41.3 Å². The van der Waals surface area contributed by atoms with Gasteiger partial charge in [0.05, 0.1) is 12.4 Å². The molecule has 1 aromatic carbocycles. The van der Waals surface area contributed by atoms with E-state index in [1.807, 2.05) is 17.1 Å². The van der Waals surface area contributed by atoms with Gasteiger partial charge in [-0.3, -0.25) is 0 Å². The van der Waals surface area contributed by atoms with E-state index in [1.54, 1.807) is 6.20 Å². The van der Waals surface area contributed by atoms with E-state index in [4.69, 9.17) is 0 Å². The van der Waals surface area contributed by atoms with Gasteiger partial charge in [-0.15, -0.1) is 0 Å². The highest BCUT2D eigenvalue weighted by molar-refractivity contribution is 5.40. The second kappa shape index (κ2) is 6.00. The zero-order valence-corrected chi connectivity index (χ0v) is 12.7. The molecule has 0 bridgehead atoms. The number of aryl methyl sites for hydroxylation is 1. The van der Waals surface area contributed by atoms with Gasteiger partial charge in [0.25, 0.3) is 0 Å². The van der Waals surface area contributed by atoms with Crippen molar-refractivity contribution in [2.75, 3.05) is 13.6 Å². The Morgan fingerprint density at radius 1 is 1.38 bits per heavy atom. The molecule has 0 atom stereocenters. The second-order valence-corrected chi connectivity index (χ2v) is 6.27. The van der Waals surface area contributed by atoms with Gasteiger partial charge in [-0.2, -0.15) is 0 Å². The Morgan fingerprint density at radius 3 is 2.81 bits per heavy atom. The van der Waals surface area contributed by atoms with Gasteiger partial charge in [0.1, 0.15) is 0 Å². The summed E-state index contributed by atoms with van der Waals surface area (Å²) >= 11 is 0. The number of aliphatic hydroxyl groups excluding tert-OH is 1. The third-order valence-corrected chi connectivity index (χ3v) is 4.35. The summed E-state index contributed by atoms with van der Waals surface area (Å²) in [7, 11) is 2.16. The predicted octanol–water partition coefficient (Wildman–Crippen LogP) is 2.38. The third kappa shape index (κ3) is 3.34. The van der Waals surface area contributed by atoms with Crippen LogP contribution < -0.4 is 0 Å². The lowest BCUT2D eigenvalue weighted by Crippen LogP contribution is -2.36. The normalized spacial score (nSPS) is 21.5. The Morgan fingerprint density at radius 2 is 2.19 bits per heavy atom. The number of aromatic nitrogens is 2. The lowest BCUT2D eigenvalue weighted by molar-refractivity contribution is 0.0273. The van der Waals surface area contributed by atoms with E-state index in [-0.39, 0.29) is 6.10 Å². The van der Waals surface area contributed by atoms with E-state index in [9.17, 15) is 5.11 Å². The van der Waals surface area contributed by atoms with Crippen LogP contribution in [0.25, 0.3) is 5.69 Å². The fourth-order valence-corrected chi connectivity index (χ4v) is 3.08. The van der Waals surface area contributed by atoms with Gasteiger partial charge in [0.2, 0.25) is 0 Å². The summed E-state index contributed by atoms with van der Waals surface area (Å²) in [5, 5.41) is 9.36. The van der Waals surface area contributed by atoms with Crippen LogP contribution in [0, 0.1) is 12.8 Å². The molecule has 21 heavy (non-hydrogen) atoms. The largest absolute Gasteiger partial charge is 0.393 e. The molecule has 0 aliphatic heterocycles. The molecule has 1 saturated carbocycles. The summed E-state index contributed by atoms with van der Waals surface area (Å²) in [5.74, 6) is 0.663. The van der Waals surface area contributed by atoms with Crippen molar-refractivity contribution in [3.63, 3.8) is 0 Å². The van der Waals surface area contributed by atoms with Crippen molar-refractivity contribution in [1.82, 2.24) is 14.5 Å². The van der Waals surface area contributed by atoms with Crippen LogP contribution in [0.2, 0.25) is 0 Å². The van der Waals surface area contributed by atoms with Gasteiger partial charge in [-0.1, -0.05) is 6.07 Å². The first-order valence-electron chi connectivity index (χ1n) is 7.56. The second-order valence-electron chi connectivity index (χ2n) is 6.27. The van der Waals surface area contributed by atoms with Gasteiger partial charge < -0.3 is 14.6 Å². The first-order chi connectivity index (χ1) is 10.1.